The number of esters is 2. The summed E-state index contributed by atoms with van der Waals surface area (Å²) in [6.07, 6.45) is 1.61. The van der Waals surface area contributed by atoms with Crippen molar-refractivity contribution in [3.8, 4) is 5.75 Å². The summed E-state index contributed by atoms with van der Waals surface area (Å²) in [5.41, 5.74) is 1.31. The standard InChI is InChI=1S/C15H21NO4/c1-9(2)14(17)19-8-12-6-13(11(5)16-7-12)20-15(18)10(3)4/h6-7,9-10H,8H2,1-5H3. The second-order valence-electron chi connectivity index (χ2n) is 5.27. The molecule has 0 saturated heterocycles. The van der Waals surface area contributed by atoms with Crippen molar-refractivity contribution in [1.82, 2.24) is 4.98 Å². The average molecular weight is 279 g/mol. The smallest absolute Gasteiger partial charge is 0.313 e. The van der Waals surface area contributed by atoms with Gasteiger partial charge >= 0.3 is 11.9 Å². The van der Waals surface area contributed by atoms with E-state index in [1.165, 1.54) is 0 Å². The third-order valence-electron chi connectivity index (χ3n) is 2.63. The predicted molar refractivity (Wildman–Crippen MR) is 74.1 cm³/mol. The fourth-order valence-electron chi connectivity index (χ4n) is 1.28. The molecule has 0 radical (unpaired) electrons. The van der Waals surface area contributed by atoms with Crippen molar-refractivity contribution < 1.29 is 19.1 Å². The number of nitrogens with zero attached hydrogens (tertiary/aromatic N) is 1. The third-order valence-corrected chi connectivity index (χ3v) is 2.63. The topological polar surface area (TPSA) is 65.5 Å². The van der Waals surface area contributed by atoms with Crippen molar-refractivity contribution in [1.29, 1.82) is 0 Å². The van der Waals surface area contributed by atoms with Crippen molar-refractivity contribution in [2.75, 3.05) is 0 Å². The molecule has 5 nitrogen and oxygen atoms in total. The van der Waals surface area contributed by atoms with Crippen LogP contribution in [-0.2, 0) is 20.9 Å². The number of pyridine rings is 1. The zero-order chi connectivity index (χ0) is 15.3. The summed E-state index contributed by atoms with van der Waals surface area (Å²) in [7, 11) is 0. The van der Waals surface area contributed by atoms with Gasteiger partial charge in [-0.1, -0.05) is 27.7 Å². The van der Waals surface area contributed by atoms with Crippen LogP contribution < -0.4 is 4.74 Å². The van der Waals surface area contributed by atoms with Gasteiger partial charge in [-0.25, -0.2) is 0 Å². The van der Waals surface area contributed by atoms with Gasteiger partial charge in [0.1, 0.15) is 6.61 Å². The number of carbonyl (C=O) groups is 2. The van der Waals surface area contributed by atoms with Gasteiger partial charge in [0.05, 0.1) is 17.5 Å². The number of ether oxygens (including phenoxy) is 2. The maximum atomic E-state index is 11.6. The van der Waals surface area contributed by atoms with Crippen molar-refractivity contribution in [2.45, 2.75) is 41.2 Å². The van der Waals surface area contributed by atoms with Gasteiger partial charge in [0.15, 0.2) is 5.75 Å². The molecule has 0 unspecified atom stereocenters. The Labute approximate surface area is 119 Å². The van der Waals surface area contributed by atoms with E-state index in [1.807, 2.05) is 0 Å². The Bertz CT molecular complexity index is 495. The first-order valence-corrected chi connectivity index (χ1v) is 6.65. The highest BCUT2D eigenvalue weighted by molar-refractivity contribution is 5.74. The number of aromatic nitrogens is 1. The van der Waals surface area contributed by atoms with Crippen LogP contribution in [0, 0.1) is 18.8 Å². The molecule has 0 fully saturated rings. The van der Waals surface area contributed by atoms with Gasteiger partial charge in [0, 0.05) is 11.8 Å². The summed E-state index contributed by atoms with van der Waals surface area (Å²) in [5.74, 6) is -0.567. The first-order valence-electron chi connectivity index (χ1n) is 6.65. The van der Waals surface area contributed by atoms with Crippen molar-refractivity contribution in [3.63, 3.8) is 0 Å². The Hall–Kier alpha value is -1.91. The van der Waals surface area contributed by atoms with Gasteiger partial charge < -0.3 is 9.47 Å². The molecule has 1 rings (SSSR count). The van der Waals surface area contributed by atoms with Crippen molar-refractivity contribution >= 4 is 11.9 Å². The Balaban J connectivity index is 2.76. The van der Waals surface area contributed by atoms with E-state index in [4.69, 9.17) is 9.47 Å². The highest BCUT2D eigenvalue weighted by atomic mass is 16.5. The van der Waals surface area contributed by atoms with E-state index in [9.17, 15) is 9.59 Å². The highest BCUT2D eigenvalue weighted by Crippen LogP contribution is 2.19. The molecule has 0 aliphatic rings. The number of aryl methyl sites for hydroxylation is 1. The highest BCUT2D eigenvalue weighted by Gasteiger charge is 2.14. The minimum Gasteiger partial charge on any atom is -0.461 e. The van der Waals surface area contributed by atoms with Crippen LogP contribution in [0.3, 0.4) is 0 Å². The number of hydrogen-bond donors (Lipinski definition) is 0. The summed E-state index contributed by atoms with van der Waals surface area (Å²) >= 11 is 0. The molecule has 110 valence electrons. The molecule has 5 heteroatoms. The van der Waals surface area contributed by atoms with E-state index in [-0.39, 0.29) is 30.4 Å². The summed E-state index contributed by atoms with van der Waals surface area (Å²) in [4.78, 5) is 27.1. The first-order chi connectivity index (χ1) is 9.31. The fourth-order valence-corrected chi connectivity index (χ4v) is 1.28. The fraction of sp³-hybridized carbons (Fsp3) is 0.533. The van der Waals surface area contributed by atoms with Crippen LogP contribution in [0.15, 0.2) is 12.3 Å². The van der Waals surface area contributed by atoms with Gasteiger partial charge in [-0.15, -0.1) is 0 Å². The summed E-state index contributed by atoms with van der Waals surface area (Å²) in [6.45, 7) is 8.94. The van der Waals surface area contributed by atoms with E-state index in [1.54, 1.807) is 46.9 Å². The molecule has 0 N–H and O–H groups in total. The Morgan fingerprint density at radius 1 is 1.15 bits per heavy atom. The summed E-state index contributed by atoms with van der Waals surface area (Å²) in [6, 6.07) is 1.68. The van der Waals surface area contributed by atoms with Crippen molar-refractivity contribution in [3.05, 3.63) is 23.5 Å². The Kier molecular flexibility index (Phi) is 5.67. The summed E-state index contributed by atoms with van der Waals surface area (Å²) < 4.78 is 10.4. The van der Waals surface area contributed by atoms with E-state index in [0.29, 0.717) is 17.0 Å². The molecule has 0 atom stereocenters. The normalized spacial score (nSPS) is 10.8. The molecular weight excluding hydrogens is 258 g/mol. The molecule has 0 aromatic carbocycles. The molecule has 0 spiro atoms. The van der Waals surface area contributed by atoms with Crippen LogP contribution >= 0.6 is 0 Å². The molecule has 0 aliphatic carbocycles. The quantitative estimate of drug-likeness (QED) is 0.775. The SMILES string of the molecule is Cc1ncc(COC(=O)C(C)C)cc1OC(=O)C(C)C. The molecule has 1 heterocycles. The van der Waals surface area contributed by atoms with Crippen LogP contribution in [-0.4, -0.2) is 16.9 Å². The van der Waals surface area contributed by atoms with Crippen LogP contribution in [0.5, 0.6) is 5.75 Å². The lowest BCUT2D eigenvalue weighted by atomic mass is 10.2. The molecule has 20 heavy (non-hydrogen) atoms. The molecule has 0 aliphatic heterocycles. The minimum atomic E-state index is -0.314. The number of carbonyl (C=O) groups excluding carboxylic acids is 2. The van der Waals surface area contributed by atoms with E-state index < -0.39 is 0 Å². The molecule has 0 amide bonds. The lowest BCUT2D eigenvalue weighted by Gasteiger charge is -2.11. The van der Waals surface area contributed by atoms with E-state index in [0.717, 1.165) is 0 Å². The monoisotopic (exact) mass is 279 g/mol. The number of rotatable bonds is 5. The van der Waals surface area contributed by atoms with Crippen LogP contribution in [0.25, 0.3) is 0 Å². The second-order valence-corrected chi connectivity index (χ2v) is 5.27. The van der Waals surface area contributed by atoms with Gasteiger partial charge in [-0.3, -0.25) is 14.6 Å². The van der Waals surface area contributed by atoms with Crippen molar-refractivity contribution in [2.24, 2.45) is 11.8 Å². The lowest BCUT2D eigenvalue weighted by Crippen LogP contribution is -2.16. The largest absolute Gasteiger partial charge is 0.461 e. The first kappa shape index (κ1) is 16.1. The van der Waals surface area contributed by atoms with Gasteiger partial charge in [-0.2, -0.15) is 0 Å². The molecule has 0 saturated carbocycles. The predicted octanol–water partition coefficient (Wildman–Crippen LogP) is 2.65. The third kappa shape index (κ3) is 4.64. The van der Waals surface area contributed by atoms with Gasteiger partial charge in [0.25, 0.3) is 0 Å². The molecule has 0 bridgehead atoms. The number of hydrogen-bond acceptors (Lipinski definition) is 5. The second kappa shape index (κ2) is 7.03. The summed E-state index contributed by atoms with van der Waals surface area (Å²) in [5, 5.41) is 0. The average Bonchev–Trinajstić information content (AvgIpc) is 2.38. The molecular formula is C15H21NO4. The molecule has 1 aromatic heterocycles. The minimum absolute atomic E-state index is 0.122. The zero-order valence-electron chi connectivity index (χ0n) is 12.6. The maximum absolute atomic E-state index is 11.6. The van der Waals surface area contributed by atoms with Gasteiger partial charge in [0.2, 0.25) is 0 Å². The van der Waals surface area contributed by atoms with Crippen LogP contribution in [0.4, 0.5) is 0 Å². The maximum Gasteiger partial charge on any atom is 0.313 e. The zero-order valence-corrected chi connectivity index (χ0v) is 12.6. The Morgan fingerprint density at radius 3 is 2.30 bits per heavy atom. The lowest BCUT2D eigenvalue weighted by molar-refractivity contribution is -0.148. The van der Waals surface area contributed by atoms with Gasteiger partial charge in [-0.05, 0) is 13.0 Å². The van der Waals surface area contributed by atoms with Crippen LogP contribution in [0.2, 0.25) is 0 Å². The van der Waals surface area contributed by atoms with E-state index in [2.05, 4.69) is 4.98 Å². The molecule has 1 aromatic rings. The Morgan fingerprint density at radius 2 is 1.75 bits per heavy atom. The van der Waals surface area contributed by atoms with Crippen LogP contribution in [0.1, 0.15) is 39.0 Å². The van der Waals surface area contributed by atoms with E-state index >= 15 is 0 Å².